The van der Waals surface area contributed by atoms with E-state index in [1.54, 1.807) is 6.92 Å². The summed E-state index contributed by atoms with van der Waals surface area (Å²) in [5.41, 5.74) is 0.341. The Balaban J connectivity index is 2.28. The molecule has 0 fully saturated rings. The Labute approximate surface area is 93.2 Å². The second-order valence-corrected chi connectivity index (χ2v) is 3.70. The minimum atomic E-state index is -0.334. The van der Waals surface area contributed by atoms with Crippen LogP contribution in [0.15, 0.2) is 16.7 Å². The molecule has 0 spiro atoms. The molecule has 1 aromatic heterocycles. The van der Waals surface area contributed by atoms with E-state index >= 15 is 0 Å². The van der Waals surface area contributed by atoms with Gasteiger partial charge in [-0.2, -0.15) is 0 Å². The van der Waals surface area contributed by atoms with Gasteiger partial charge in [0.05, 0.1) is 17.9 Å². The fraction of sp³-hybridized carbons (Fsp3) is 0.500. The van der Waals surface area contributed by atoms with Gasteiger partial charge in [0, 0.05) is 6.54 Å². The lowest BCUT2D eigenvalue weighted by molar-refractivity contribution is 0.0949. The molecule has 0 saturated carbocycles. The smallest absolute Gasteiger partial charge is 0.256 e. The Kier molecular flexibility index (Phi) is 4.65. The Morgan fingerprint density at radius 1 is 1.73 bits per heavy atom. The molecule has 15 heavy (non-hydrogen) atoms. The molecule has 0 aliphatic carbocycles. The SMILES string of the molecule is CC(O)CCCNC(=O)c1ccoc1Cl. The number of carbonyl (C=O) groups is 1. The first-order chi connectivity index (χ1) is 7.11. The Morgan fingerprint density at radius 2 is 2.47 bits per heavy atom. The molecule has 0 aliphatic rings. The molecule has 1 heterocycles. The molecular formula is C10H14ClNO3. The molecule has 1 aromatic rings. The van der Waals surface area contributed by atoms with Gasteiger partial charge in [0.2, 0.25) is 5.22 Å². The average molecular weight is 232 g/mol. The van der Waals surface area contributed by atoms with Crippen molar-refractivity contribution in [2.24, 2.45) is 0 Å². The number of halogens is 1. The van der Waals surface area contributed by atoms with Crippen LogP contribution in [0.3, 0.4) is 0 Å². The molecule has 0 aromatic carbocycles. The van der Waals surface area contributed by atoms with Crippen LogP contribution in [-0.2, 0) is 0 Å². The van der Waals surface area contributed by atoms with Crippen LogP contribution < -0.4 is 5.32 Å². The highest BCUT2D eigenvalue weighted by molar-refractivity contribution is 6.32. The van der Waals surface area contributed by atoms with Gasteiger partial charge in [-0.1, -0.05) is 0 Å². The lowest BCUT2D eigenvalue weighted by Gasteiger charge is -2.05. The lowest BCUT2D eigenvalue weighted by Crippen LogP contribution is -2.24. The topological polar surface area (TPSA) is 62.5 Å². The molecule has 1 unspecified atom stereocenters. The van der Waals surface area contributed by atoms with Crippen molar-refractivity contribution < 1.29 is 14.3 Å². The predicted molar refractivity (Wildman–Crippen MR) is 57.0 cm³/mol. The van der Waals surface area contributed by atoms with E-state index < -0.39 is 0 Å². The fourth-order valence-electron chi connectivity index (χ4n) is 1.15. The van der Waals surface area contributed by atoms with Crippen molar-refractivity contribution >= 4 is 17.5 Å². The highest BCUT2D eigenvalue weighted by Gasteiger charge is 2.11. The van der Waals surface area contributed by atoms with Crippen molar-refractivity contribution in [3.05, 3.63) is 23.1 Å². The summed E-state index contributed by atoms with van der Waals surface area (Å²) in [6.07, 6.45) is 2.44. The van der Waals surface area contributed by atoms with Gasteiger partial charge in [-0.15, -0.1) is 0 Å². The molecule has 0 radical (unpaired) electrons. The van der Waals surface area contributed by atoms with Gasteiger partial charge in [-0.05, 0) is 37.4 Å². The van der Waals surface area contributed by atoms with Crippen molar-refractivity contribution in [2.75, 3.05) is 6.54 Å². The summed E-state index contributed by atoms with van der Waals surface area (Å²) in [6, 6.07) is 1.52. The summed E-state index contributed by atoms with van der Waals surface area (Å²) in [7, 11) is 0. The van der Waals surface area contributed by atoms with Crippen molar-refractivity contribution in [2.45, 2.75) is 25.9 Å². The van der Waals surface area contributed by atoms with E-state index in [1.807, 2.05) is 0 Å². The maximum atomic E-state index is 11.5. The summed E-state index contributed by atoms with van der Waals surface area (Å²) < 4.78 is 4.79. The van der Waals surface area contributed by atoms with Gasteiger partial charge in [0.1, 0.15) is 0 Å². The molecule has 0 aliphatic heterocycles. The number of furan rings is 1. The Bertz CT molecular complexity index is 322. The summed E-state index contributed by atoms with van der Waals surface area (Å²) in [6.45, 7) is 2.24. The second-order valence-electron chi connectivity index (χ2n) is 3.36. The maximum Gasteiger partial charge on any atom is 0.256 e. The van der Waals surface area contributed by atoms with E-state index in [-0.39, 0.29) is 17.2 Å². The zero-order chi connectivity index (χ0) is 11.3. The first kappa shape index (κ1) is 12.1. The summed E-state index contributed by atoms with van der Waals surface area (Å²) in [4.78, 5) is 11.5. The van der Waals surface area contributed by atoms with Gasteiger partial charge >= 0.3 is 0 Å². The lowest BCUT2D eigenvalue weighted by atomic mass is 10.2. The number of amides is 1. The van der Waals surface area contributed by atoms with E-state index in [1.165, 1.54) is 12.3 Å². The summed E-state index contributed by atoms with van der Waals surface area (Å²) in [5, 5.41) is 11.8. The molecule has 1 atom stereocenters. The molecule has 0 bridgehead atoms. The van der Waals surface area contributed by atoms with Gasteiger partial charge in [-0.25, -0.2) is 0 Å². The second kappa shape index (κ2) is 5.78. The molecule has 84 valence electrons. The molecule has 2 N–H and O–H groups in total. The van der Waals surface area contributed by atoms with Crippen LogP contribution in [-0.4, -0.2) is 23.7 Å². The van der Waals surface area contributed by atoms with Gasteiger partial charge in [-0.3, -0.25) is 4.79 Å². The highest BCUT2D eigenvalue weighted by Crippen LogP contribution is 2.15. The van der Waals surface area contributed by atoms with Crippen molar-refractivity contribution in [1.29, 1.82) is 0 Å². The van der Waals surface area contributed by atoms with Gasteiger partial charge in [0.15, 0.2) is 0 Å². The number of hydrogen-bond donors (Lipinski definition) is 2. The largest absolute Gasteiger partial charge is 0.452 e. The summed E-state index contributed by atoms with van der Waals surface area (Å²) in [5.74, 6) is -0.251. The third-order valence-corrected chi connectivity index (χ3v) is 2.24. The normalized spacial score (nSPS) is 12.5. The van der Waals surface area contributed by atoms with E-state index in [4.69, 9.17) is 21.1 Å². The number of aliphatic hydroxyl groups excluding tert-OH is 1. The summed E-state index contributed by atoms with van der Waals surface area (Å²) >= 11 is 5.63. The standard InChI is InChI=1S/C10H14ClNO3/c1-7(13)3-2-5-12-10(14)8-4-6-15-9(8)11/h4,6-7,13H,2-3,5H2,1H3,(H,12,14). The van der Waals surface area contributed by atoms with Crippen molar-refractivity contribution in [1.82, 2.24) is 5.32 Å². The predicted octanol–water partition coefficient (Wildman–Crippen LogP) is 1.82. The maximum absolute atomic E-state index is 11.5. The van der Waals surface area contributed by atoms with E-state index in [2.05, 4.69) is 5.32 Å². The zero-order valence-corrected chi connectivity index (χ0v) is 9.25. The minimum absolute atomic E-state index is 0.100. The van der Waals surface area contributed by atoms with Gasteiger partial charge < -0.3 is 14.8 Å². The molecule has 1 amide bonds. The Hall–Kier alpha value is -1.00. The zero-order valence-electron chi connectivity index (χ0n) is 8.50. The van der Waals surface area contributed by atoms with Crippen molar-refractivity contribution in [3.8, 4) is 0 Å². The highest BCUT2D eigenvalue weighted by atomic mass is 35.5. The number of hydrogen-bond acceptors (Lipinski definition) is 3. The molecule has 1 rings (SSSR count). The van der Waals surface area contributed by atoms with E-state index in [0.29, 0.717) is 18.5 Å². The molecule has 5 heteroatoms. The third-order valence-electron chi connectivity index (χ3n) is 1.95. The number of nitrogens with one attached hydrogen (secondary N) is 1. The van der Waals surface area contributed by atoms with E-state index in [0.717, 1.165) is 6.42 Å². The van der Waals surface area contributed by atoms with Crippen LogP contribution >= 0.6 is 11.6 Å². The average Bonchev–Trinajstić information content (AvgIpc) is 2.58. The van der Waals surface area contributed by atoms with Crippen LogP contribution in [0.4, 0.5) is 0 Å². The quantitative estimate of drug-likeness (QED) is 0.760. The molecular weight excluding hydrogens is 218 g/mol. The molecule has 4 nitrogen and oxygen atoms in total. The van der Waals surface area contributed by atoms with Crippen LogP contribution in [0.2, 0.25) is 5.22 Å². The number of aliphatic hydroxyl groups is 1. The third kappa shape index (κ3) is 3.93. The fourth-order valence-corrected chi connectivity index (χ4v) is 1.35. The first-order valence-electron chi connectivity index (χ1n) is 4.80. The first-order valence-corrected chi connectivity index (χ1v) is 5.18. The Morgan fingerprint density at radius 3 is 3.00 bits per heavy atom. The van der Waals surface area contributed by atoms with Crippen LogP contribution in [0, 0.1) is 0 Å². The van der Waals surface area contributed by atoms with Gasteiger partial charge in [0.25, 0.3) is 5.91 Å². The minimum Gasteiger partial charge on any atom is -0.452 e. The molecule has 0 saturated heterocycles. The monoisotopic (exact) mass is 231 g/mol. The van der Waals surface area contributed by atoms with Crippen molar-refractivity contribution in [3.63, 3.8) is 0 Å². The van der Waals surface area contributed by atoms with Crippen LogP contribution in [0.1, 0.15) is 30.1 Å². The number of rotatable bonds is 5. The van der Waals surface area contributed by atoms with Crippen LogP contribution in [0.25, 0.3) is 0 Å². The number of carbonyl (C=O) groups excluding carboxylic acids is 1. The van der Waals surface area contributed by atoms with Crippen LogP contribution in [0.5, 0.6) is 0 Å². The van der Waals surface area contributed by atoms with E-state index in [9.17, 15) is 4.79 Å².